The van der Waals surface area contributed by atoms with Crippen molar-refractivity contribution in [2.24, 2.45) is 17.8 Å². The molecule has 2 aromatic carbocycles. The molecule has 41 heavy (non-hydrogen) atoms. The molecule has 7 rings (SSSR count). The number of ether oxygens (including phenoxy) is 3. The van der Waals surface area contributed by atoms with Crippen LogP contribution in [0.3, 0.4) is 0 Å². The van der Waals surface area contributed by atoms with Crippen LogP contribution in [0.5, 0.6) is 17.2 Å². The summed E-state index contributed by atoms with van der Waals surface area (Å²) in [5.41, 5.74) is 0.573. The van der Waals surface area contributed by atoms with Gasteiger partial charge in [-0.2, -0.15) is 0 Å². The van der Waals surface area contributed by atoms with E-state index in [0.717, 1.165) is 37.3 Å². The molecular formula is C33H41N3O4S. The highest BCUT2D eigenvalue weighted by Crippen LogP contribution is 2.47. The molecule has 0 spiro atoms. The number of amides is 1. The van der Waals surface area contributed by atoms with Gasteiger partial charge < -0.3 is 24.4 Å². The van der Waals surface area contributed by atoms with Crippen LogP contribution in [-0.4, -0.2) is 67.4 Å². The first-order valence-corrected chi connectivity index (χ1v) is 16.0. The van der Waals surface area contributed by atoms with Crippen molar-refractivity contribution in [2.45, 2.75) is 57.9 Å². The minimum absolute atomic E-state index is 0.00523. The third kappa shape index (κ3) is 5.30. The van der Waals surface area contributed by atoms with Gasteiger partial charge in [0.05, 0.1) is 13.7 Å². The van der Waals surface area contributed by atoms with Crippen LogP contribution in [0, 0.1) is 17.8 Å². The van der Waals surface area contributed by atoms with Crippen LogP contribution < -0.4 is 19.5 Å². The second-order valence-electron chi connectivity index (χ2n) is 12.8. The summed E-state index contributed by atoms with van der Waals surface area (Å²) in [4.78, 5) is 20.3. The molecule has 2 saturated heterocycles. The van der Waals surface area contributed by atoms with Gasteiger partial charge in [0.2, 0.25) is 11.5 Å². The Hall–Kier alpha value is -2.81. The SMILES string of the molecule is COc1cc(C(=O)N(Cc2cc3ccccc3s2)C[C@@H]2CCCN2CC2[C@@H]3CC[C@H]2CNC3)cc2c1OC(C)(C)O2. The highest BCUT2D eigenvalue weighted by Gasteiger charge is 2.42. The van der Waals surface area contributed by atoms with Gasteiger partial charge in [-0.1, -0.05) is 18.2 Å². The van der Waals surface area contributed by atoms with Crippen molar-refractivity contribution in [1.82, 2.24) is 15.1 Å². The molecule has 3 aliphatic heterocycles. The highest BCUT2D eigenvalue weighted by molar-refractivity contribution is 7.19. The van der Waals surface area contributed by atoms with Gasteiger partial charge in [0, 0.05) is 48.1 Å². The molecule has 1 aromatic heterocycles. The third-order valence-corrected chi connectivity index (χ3v) is 10.7. The van der Waals surface area contributed by atoms with E-state index in [0.29, 0.717) is 35.4 Å². The number of rotatable bonds is 8. The number of hydrogen-bond acceptors (Lipinski definition) is 7. The standard InChI is InChI=1S/C33H41N3O4S/c1-33(2)39-29-15-24(14-28(38-3)31(29)40-33)32(37)36(19-26-13-21-7-4-5-9-30(21)41-26)18-25-8-6-12-35(25)20-27-22-10-11-23(27)17-34-16-22/h4-5,7,9,13-15,22-23,25,27,34H,6,8,10-12,16-20H2,1-3H3/t22-,23+,25-,27?/m0/s1. The largest absolute Gasteiger partial charge is 0.493 e. The van der Waals surface area contributed by atoms with Gasteiger partial charge in [-0.3, -0.25) is 9.69 Å². The normalized spacial score (nSPS) is 26.5. The first-order valence-electron chi connectivity index (χ1n) is 15.2. The summed E-state index contributed by atoms with van der Waals surface area (Å²) in [6.45, 7) is 9.66. The fourth-order valence-corrected chi connectivity index (χ4v) is 8.71. The van der Waals surface area contributed by atoms with Crippen molar-refractivity contribution >= 4 is 27.3 Å². The Morgan fingerprint density at radius 2 is 1.93 bits per heavy atom. The average Bonchev–Trinajstić information content (AvgIpc) is 3.70. The Morgan fingerprint density at radius 3 is 2.71 bits per heavy atom. The smallest absolute Gasteiger partial charge is 0.254 e. The Labute approximate surface area is 246 Å². The van der Waals surface area contributed by atoms with Crippen molar-refractivity contribution < 1.29 is 19.0 Å². The van der Waals surface area contributed by atoms with Gasteiger partial charge in [-0.15, -0.1) is 11.3 Å². The highest BCUT2D eigenvalue weighted by atomic mass is 32.1. The number of nitrogens with one attached hydrogen (secondary N) is 1. The number of nitrogens with zero attached hydrogens (tertiary/aromatic N) is 2. The summed E-state index contributed by atoms with van der Waals surface area (Å²) in [7, 11) is 1.61. The van der Waals surface area contributed by atoms with Crippen LogP contribution in [0.25, 0.3) is 10.1 Å². The Bertz CT molecular complexity index is 1390. The molecule has 4 aliphatic rings. The molecule has 8 heteroatoms. The number of likely N-dealkylation sites (tertiary alicyclic amines) is 1. The maximum absolute atomic E-state index is 14.3. The molecular weight excluding hydrogens is 534 g/mol. The van der Waals surface area contributed by atoms with Gasteiger partial charge in [0.15, 0.2) is 11.5 Å². The third-order valence-electron chi connectivity index (χ3n) is 9.61. The van der Waals surface area contributed by atoms with Crippen LogP contribution in [0.2, 0.25) is 0 Å². The van der Waals surface area contributed by atoms with Gasteiger partial charge in [-0.05, 0) is 92.7 Å². The molecule has 3 fully saturated rings. The van der Waals surface area contributed by atoms with Crippen LogP contribution in [-0.2, 0) is 6.54 Å². The van der Waals surface area contributed by atoms with Gasteiger partial charge in [0.1, 0.15) is 0 Å². The number of hydrogen-bond donors (Lipinski definition) is 1. The van der Waals surface area contributed by atoms with E-state index >= 15 is 0 Å². The van der Waals surface area contributed by atoms with Crippen LogP contribution in [0.1, 0.15) is 54.8 Å². The lowest BCUT2D eigenvalue weighted by Gasteiger charge is -2.37. The lowest BCUT2D eigenvalue weighted by Crippen LogP contribution is -2.48. The zero-order valence-corrected chi connectivity index (χ0v) is 25.2. The summed E-state index contributed by atoms with van der Waals surface area (Å²) < 4.78 is 18.9. The van der Waals surface area contributed by atoms with E-state index in [1.54, 1.807) is 18.4 Å². The summed E-state index contributed by atoms with van der Waals surface area (Å²) in [6.07, 6.45) is 5.05. The predicted molar refractivity (Wildman–Crippen MR) is 162 cm³/mol. The van der Waals surface area contributed by atoms with E-state index in [1.165, 1.54) is 53.9 Å². The first-order chi connectivity index (χ1) is 19.9. The van der Waals surface area contributed by atoms with Gasteiger partial charge in [0.25, 0.3) is 5.91 Å². The van der Waals surface area contributed by atoms with E-state index in [9.17, 15) is 4.79 Å². The Kier molecular flexibility index (Phi) is 7.12. The molecule has 1 N–H and O–H groups in total. The molecule has 7 nitrogen and oxygen atoms in total. The summed E-state index contributed by atoms with van der Waals surface area (Å²) in [6, 6.07) is 14.7. The van der Waals surface area contributed by atoms with Crippen molar-refractivity contribution in [3.8, 4) is 17.2 Å². The second kappa shape index (κ2) is 10.8. The van der Waals surface area contributed by atoms with Crippen LogP contribution in [0.4, 0.5) is 0 Å². The van der Waals surface area contributed by atoms with E-state index < -0.39 is 5.79 Å². The second-order valence-corrected chi connectivity index (χ2v) is 13.9. The fraction of sp³-hybridized carbons (Fsp3) is 0.545. The lowest BCUT2D eigenvalue weighted by atomic mass is 9.85. The van der Waals surface area contributed by atoms with Crippen LogP contribution in [0.15, 0.2) is 42.5 Å². The molecule has 1 unspecified atom stereocenters. The van der Waals surface area contributed by atoms with Crippen molar-refractivity contribution in [1.29, 1.82) is 0 Å². The number of carbonyl (C=O) groups excluding carboxylic acids is 1. The number of methoxy groups -OCH3 is 1. The number of carbonyl (C=O) groups is 1. The zero-order chi connectivity index (χ0) is 28.1. The molecule has 4 heterocycles. The maximum atomic E-state index is 14.3. The fourth-order valence-electron chi connectivity index (χ4n) is 7.63. The first kappa shape index (κ1) is 27.0. The number of fused-ring (bicyclic) bond motifs is 4. The molecule has 1 amide bonds. The van der Waals surface area contributed by atoms with Gasteiger partial charge >= 0.3 is 0 Å². The van der Waals surface area contributed by atoms with E-state index in [4.69, 9.17) is 14.2 Å². The molecule has 218 valence electrons. The average molecular weight is 576 g/mol. The lowest BCUT2D eigenvalue weighted by molar-refractivity contribution is -0.0439. The summed E-state index contributed by atoms with van der Waals surface area (Å²) in [5.74, 6) is 3.24. The Morgan fingerprint density at radius 1 is 1.12 bits per heavy atom. The summed E-state index contributed by atoms with van der Waals surface area (Å²) >= 11 is 1.78. The van der Waals surface area contributed by atoms with E-state index in [-0.39, 0.29) is 5.91 Å². The minimum atomic E-state index is -0.799. The van der Waals surface area contributed by atoms with E-state index in [1.807, 2.05) is 26.0 Å². The Balaban J connectivity index is 1.17. The summed E-state index contributed by atoms with van der Waals surface area (Å²) in [5, 5.41) is 4.88. The topological polar surface area (TPSA) is 63.3 Å². The van der Waals surface area contributed by atoms with E-state index in [2.05, 4.69) is 45.4 Å². The molecule has 2 bridgehead atoms. The molecule has 4 atom stereocenters. The van der Waals surface area contributed by atoms with Gasteiger partial charge in [-0.25, -0.2) is 0 Å². The minimum Gasteiger partial charge on any atom is -0.493 e. The number of thiophene rings is 1. The molecule has 3 aromatic rings. The molecule has 1 saturated carbocycles. The van der Waals surface area contributed by atoms with Crippen molar-refractivity contribution in [2.75, 3.05) is 39.8 Å². The van der Waals surface area contributed by atoms with Crippen LogP contribution >= 0.6 is 11.3 Å². The molecule has 1 aliphatic carbocycles. The number of piperidine rings is 1. The molecule has 0 radical (unpaired) electrons. The monoisotopic (exact) mass is 575 g/mol. The predicted octanol–water partition coefficient (Wildman–Crippen LogP) is 5.77. The zero-order valence-electron chi connectivity index (χ0n) is 24.4. The van der Waals surface area contributed by atoms with Crippen molar-refractivity contribution in [3.05, 3.63) is 52.9 Å². The maximum Gasteiger partial charge on any atom is 0.254 e. The quantitative estimate of drug-likeness (QED) is 0.368. The number of benzene rings is 2. The van der Waals surface area contributed by atoms with Crippen molar-refractivity contribution in [3.63, 3.8) is 0 Å².